The van der Waals surface area contributed by atoms with Crippen LogP contribution in [0.3, 0.4) is 0 Å². The first-order chi connectivity index (χ1) is 16.7. The van der Waals surface area contributed by atoms with Crippen LogP contribution in [0, 0.1) is 0 Å². The lowest BCUT2D eigenvalue weighted by atomic mass is 10.00. The van der Waals surface area contributed by atoms with Crippen LogP contribution in [0.15, 0.2) is 36.4 Å². The fraction of sp³-hybridized carbons (Fsp3) is 0.462. The first kappa shape index (κ1) is 30.1. The number of benzene rings is 2. The molecule has 0 spiro atoms. The molecule has 0 aromatic heterocycles. The minimum atomic E-state index is -1.96. The van der Waals surface area contributed by atoms with Crippen molar-refractivity contribution >= 4 is 43.4 Å². The van der Waals surface area contributed by atoms with Crippen molar-refractivity contribution in [2.75, 3.05) is 13.7 Å². The summed E-state index contributed by atoms with van der Waals surface area (Å²) in [5, 5.41) is 13.5. The molecular formula is C26H36Cl2N2O5Si. The topological polar surface area (TPSA) is 111 Å². The van der Waals surface area contributed by atoms with Crippen molar-refractivity contribution in [1.82, 2.24) is 5.32 Å². The molecule has 2 rings (SSSR count). The van der Waals surface area contributed by atoms with Gasteiger partial charge in [0.2, 0.25) is 8.32 Å². The third-order valence-corrected chi connectivity index (χ3v) is 11.4. The average Bonchev–Trinajstić information content (AvgIpc) is 2.79. The highest BCUT2D eigenvalue weighted by molar-refractivity contribution is 6.74. The Morgan fingerprint density at radius 2 is 1.75 bits per heavy atom. The van der Waals surface area contributed by atoms with Gasteiger partial charge in [-0.2, -0.15) is 0 Å². The Kier molecular flexibility index (Phi) is 10.4. The second-order valence-electron chi connectivity index (χ2n) is 10.2. The number of nitrogens with one attached hydrogen (secondary N) is 1. The van der Waals surface area contributed by atoms with E-state index in [-0.39, 0.29) is 27.2 Å². The van der Waals surface area contributed by atoms with E-state index >= 15 is 0 Å². The largest absolute Gasteiger partial charge is 0.543 e. The Morgan fingerprint density at radius 1 is 1.14 bits per heavy atom. The van der Waals surface area contributed by atoms with Crippen molar-refractivity contribution in [1.29, 1.82) is 0 Å². The minimum Gasteiger partial charge on any atom is -0.543 e. The van der Waals surface area contributed by atoms with Crippen LogP contribution < -0.4 is 15.5 Å². The van der Waals surface area contributed by atoms with Gasteiger partial charge in [-0.25, -0.2) is 4.79 Å². The number of hydrogen-bond donors (Lipinski definition) is 3. The molecule has 0 bridgehead atoms. The third-order valence-electron chi connectivity index (χ3n) is 6.49. The van der Waals surface area contributed by atoms with E-state index in [4.69, 9.17) is 33.4 Å². The number of hydrogen-bond acceptors (Lipinski definition) is 6. The number of methoxy groups -OCH3 is 1. The van der Waals surface area contributed by atoms with E-state index < -0.39 is 32.3 Å². The first-order valence-electron chi connectivity index (χ1n) is 11.7. The van der Waals surface area contributed by atoms with E-state index in [1.165, 1.54) is 19.2 Å². The molecule has 0 aliphatic carbocycles. The number of aryl methyl sites for hydroxylation is 1. The van der Waals surface area contributed by atoms with Gasteiger partial charge in [0, 0.05) is 6.54 Å². The van der Waals surface area contributed by atoms with Crippen LogP contribution in [0.2, 0.25) is 28.2 Å². The fourth-order valence-electron chi connectivity index (χ4n) is 3.27. The lowest BCUT2D eigenvalue weighted by Gasteiger charge is -2.36. The first-order valence-corrected chi connectivity index (χ1v) is 15.4. The van der Waals surface area contributed by atoms with Crippen LogP contribution in [0.1, 0.15) is 54.8 Å². The van der Waals surface area contributed by atoms with Gasteiger partial charge in [0.25, 0.3) is 5.91 Å². The van der Waals surface area contributed by atoms with Gasteiger partial charge in [-0.1, -0.05) is 56.1 Å². The normalized spacial score (nSPS) is 13.6. The lowest BCUT2D eigenvalue weighted by molar-refractivity contribution is -0.142. The molecule has 1 unspecified atom stereocenters. The molecule has 36 heavy (non-hydrogen) atoms. The number of esters is 1. The van der Waals surface area contributed by atoms with Crippen molar-refractivity contribution < 1.29 is 23.9 Å². The van der Waals surface area contributed by atoms with Gasteiger partial charge >= 0.3 is 5.97 Å². The Balaban J connectivity index is 2.11. The van der Waals surface area contributed by atoms with E-state index in [1.54, 1.807) is 0 Å². The van der Waals surface area contributed by atoms with Crippen LogP contribution in [0.5, 0.6) is 5.75 Å². The van der Waals surface area contributed by atoms with Crippen molar-refractivity contribution in [3.8, 4) is 5.75 Å². The zero-order chi connectivity index (χ0) is 27.3. The Labute approximate surface area is 224 Å². The zero-order valence-electron chi connectivity index (χ0n) is 21.7. The zero-order valence-corrected chi connectivity index (χ0v) is 24.2. The SMILES string of the molecule is COC(=O)[C@H](CN)NC(=O)c1c(Cl)cc(C(O)CCc2cccc(O[Si](C)(C)C(C)(C)C)c2)cc1Cl. The van der Waals surface area contributed by atoms with E-state index in [2.05, 4.69) is 43.9 Å². The molecule has 0 heterocycles. The molecule has 4 N–H and O–H groups in total. The van der Waals surface area contributed by atoms with Crippen LogP contribution >= 0.6 is 23.2 Å². The summed E-state index contributed by atoms with van der Waals surface area (Å²) in [6, 6.07) is 9.88. The maximum Gasteiger partial charge on any atom is 0.329 e. The van der Waals surface area contributed by atoms with Crippen molar-refractivity contribution in [3.63, 3.8) is 0 Å². The molecule has 7 nitrogen and oxygen atoms in total. The van der Waals surface area contributed by atoms with Gasteiger partial charge in [0.1, 0.15) is 11.8 Å². The van der Waals surface area contributed by atoms with Gasteiger partial charge in [0.05, 0.1) is 28.8 Å². The van der Waals surface area contributed by atoms with Crippen molar-refractivity contribution in [3.05, 3.63) is 63.1 Å². The Bertz CT molecular complexity index is 1070. The molecule has 0 aliphatic heterocycles. The number of nitrogens with two attached hydrogens (primary N) is 1. The molecule has 2 atom stereocenters. The summed E-state index contributed by atoms with van der Waals surface area (Å²) in [6.07, 6.45) is 0.165. The molecule has 0 saturated heterocycles. The number of rotatable bonds is 10. The minimum absolute atomic E-state index is 0.00730. The predicted octanol–water partition coefficient (Wildman–Crippen LogP) is 5.27. The van der Waals surface area contributed by atoms with Crippen LogP contribution in [0.4, 0.5) is 0 Å². The predicted molar refractivity (Wildman–Crippen MR) is 146 cm³/mol. The standard InChI is InChI=1S/C26H36Cl2N2O5Si/c1-26(2,3)36(5,6)35-18-9-7-8-16(12-18)10-11-22(31)17-13-19(27)23(20(28)14-17)24(32)30-21(15-29)25(33)34-4/h7-9,12-14,21-22,31H,10-11,15,29H2,1-6H3,(H,30,32)/t21-,22?/m0/s1. The van der Waals surface area contributed by atoms with Gasteiger partial charge in [-0.3, -0.25) is 4.79 Å². The van der Waals surface area contributed by atoms with Gasteiger partial charge in [0.15, 0.2) is 0 Å². The summed E-state index contributed by atoms with van der Waals surface area (Å²) in [6.45, 7) is 10.8. The Hall–Kier alpha value is -2.10. The summed E-state index contributed by atoms with van der Waals surface area (Å²) < 4.78 is 11.0. The molecule has 2 aromatic carbocycles. The number of halogens is 2. The average molecular weight is 556 g/mol. The summed E-state index contributed by atoms with van der Waals surface area (Å²) in [4.78, 5) is 24.4. The van der Waals surface area contributed by atoms with E-state index in [0.717, 1.165) is 11.3 Å². The summed E-state index contributed by atoms with van der Waals surface area (Å²) in [5.41, 5.74) is 7.05. The van der Waals surface area contributed by atoms with Crippen LogP contribution in [-0.4, -0.2) is 45.0 Å². The number of carbonyl (C=O) groups excluding carboxylic acids is 2. The highest BCUT2D eigenvalue weighted by Crippen LogP contribution is 2.37. The van der Waals surface area contributed by atoms with Crippen LogP contribution in [0.25, 0.3) is 0 Å². The molecule has 0 fully saturated rings. The van der Waals surface area contributed by atoms with E-state index in [0.29, 0.717) is 18.4 Å². The van der Waals surface area contributed by atoms with Gasteiger partial charge in [-0.15, -0.1) is 0 Å². The molecule has 198 valence electrons. The van der Waals surface area contributed by atoms with Crippen molar-refractivity contribution in [2.24, 2.45) is 5.73 Å². The van der Waals surface area contributed by atoms with E-state index in [9.17, 15) is 14.7 Å². The maximum atomic E-state index is 12.6. The molecule has 2 aromatic rings. The number of aliphatic hydroxyl groups excluding tert-OH is 1. The number of amides is 1. The summed E-state index contributed by atoms with van der Waals surface area (Å²) in [5.74, 6) is -0.507. The molecule has 0 saturated carbocycles. The summed E-state index contributed by atoms with van der Waals surface area (Å²) >= 11 is 12.7. The third kappa shape index (κ3) is 7.70. The smallest absolute Gasteiger partial charge is 0.329 e. The number of ether oxygens (including phenoxy) is 1. The van der Waals surface area contributed by atoms with Crippen LogP contribution in [-0.2, 0) is 16.0 Å². The molecular weight excluding hydrogens is 519 g/mol. The lowest BCUT2D eigenvalue weighted by Crippen LogP contribution is -2.46. The fourth-order valence-corrected chi connectivity index (χ4v) is 4.97. The molecule has 1 amide bonds. The molecule has 0 radical (unpaired) electrons. The van der Waals surface area contributed by atoms with E-state index in [1.807, 2.05) is 24.3 Å². The highest BCUT2D eigenvalue weighted by Gasteiger charge is 2.39. The monoisotopic (exact) mass is 554 g/mol. The Morgan fingerprint density at radius 3 is 2.28 bits per heavy atom. The number of carbonyl (C=O) groups is 2. The second kappa shape index (κ2) is 12.4. The van der Waals surface area contributed by atoms with Crippen molar-refractivity contribution in [2.45, 2.75) is 63.9 Å². The summed E-state index contributed by atoms with van der Waals surface area (Å²) in [7, 11) is -0.760. The molecule has 10 heteroatoms. The quantitative estimate of drug-likeness (QED) is 0.272. The highest BCUT2D eigenvalue weighted by atomic mass is 35.5. The van der Waals surface area contributed by atoms with Gasteiger partial charge in [-0.05, 0) is 66.4 Å². The maximum absolute atomic E-state index is 12.6. The second-order valence-corrected chi connectivity index (χ2v) is 15.7. The van der Waals surface area contributed by atoms with Gasteiger partial charge < -0.3 is 25.3 Å². The molecule has 0 aliphatic rings. The number of aliphatic hydroxyl groups is 1.